The van der Waals surface area contributed by atoms with Crippen LogP contribution in [-0.4, -0.2) is 37.6 Å². The number of benzene rings is 1. The fourth-order valence-electron chi connectivity index (χ4n) is 2.94. The van der Waals surface area contributed by atoms with E-state index in [-0.39, 0.29) is 17.9 Å². The molecule has 5 nitrogen and oxygen atoms in total. The summed E-state index contributed by atoms with van der Waals surface area (Å²) >= 11 is 5.86. The molecule has 118 valence electrons. The van der Waals surface area contributed by atoms with E-state index in [0.717, 1.165) is 25.1 Å². The molecule has 0 aromatic heterocycles. The van der Waals surface area contributed by atoms with Crippen molar-refractivity contribution in [3.8, 4) is 0 Å². The van der Waals surface area contributed by atoms with Gasteiger partial charge in [0.2, 0.25) is 11.8 Å². The Hall–Kier alpha value is -1.59. The maximum absolute atomic E-state index is 12.4. The normalized spacial score (nSPS) is 24.8. The molecule has 0 aliphatic carbocycles. The van der Waals surface area contributed by atoms with E-state index in [1.165, 1.54) is 0 Å². The van der Waals surface area contributed by atoms with Crippen molar-refractivity contribution in [1.82, 2.24) is 5.32 Å². The highest BCUT2D eigenvalue weighted by molar-refractivity contribution is 6.30. The molecule has 2 saturated heterocycles. The van der Waals surface area contributed by atoms with Gasteiger partial charge < -0.3 is 15.0 Å². The summed E-state index contributed by atoms with van der Waals surface area (Å²) in [7, 11) is 0. The number of carbonyl (C=O) groups excluding carboxylic acids is 2. The Morgan fingerprint density at radius 1 is 1.32 bits per heavy atom. The monoisotopic (exact) mass is 322 g/mol. The molecule has 0 radical (unpaired) electrons. The molecule has 1 N–H and O–H groups in total. The molecular formula is C16H19ClN2O3. The lowest BCUT2D eigenvalue weighted by atomic mass is 10.1. The third-order valence-corrected chi connectivity index (χ3v) is 4.44. The topological polar surface area (TPSA) is 58.6 Å². The van der Waals surface area contributed by atoms with Crippen LogP contribution in [0.4, 0.5) is 5.69 Å². The van der Waals surface area contributed by atoms with Gasteiger partial charge in [0, 0.05) is 30.4 Å². The summed E-state index contributed by atoms with van der Waals surface area (Å²) in [5, 5.41) is 3.47. The lowest BCUT2D eigenvalue weighted by molar-refractivity contribution is -0.132. The molecule has 2 atom stereocenters. The minimum Gasteiger partial charge on any atom is -0.376 e. The van der Waals surface area contributed by atoms with Crippen LogP contribution in [0.25, 0.3) is 0 Å². The van der Waals surface area contributed by atoms with Crippen LogP contribution < -0.4 is 10.2 Å². The summed E-state index contributed by atoms with van der Waals surface area (Å²) < 4.78 is 5.47. The van der Waals surface area contributed by atoms with Gasteiger partial charge in [-0.2, -0.15) is 0 Å². The Labute approximate surface area is 134 Å². The summed E-state index contributed by atoms with van der Waals surface area (Å²) in [6.07, 6.45) is 2.63. The van der Waals surface area contributed by atoms with E-state index in [1.807, 2.05) is 0 Å². The van der Waals surface area contributed by atoms with Crippen molar-refractivity contribution in [1.29, 1.82) is 0 Å². The van der Waals surface area contributed by atoms with Gasteiger partial charge in [0.15, 0.2) is 0 Å². The van der Waals surface area contributed by atoms with Crippen molar-refractivity contribution in [2.75, 3.05) is 24.6 Å². The molecule has 1 aromatic rings. The lowest BCUT2D eigenvalue weighted by Gasteiger charge is -2.17. The Morgan fingerprint density at radius 2 is 2.09 bits per heavy atom. The summed E-state index contributed by atoms with van der Waals surface area (Å²) in [5.74, 6) is -0.943. The van der Waals surface area contributed by atoms with Crippen LogP contribution in [0.3, 0.4) is 0 Å². The third kappa shape index (κ3) is 3.25. The van der Waals surface area contributed by atoms with Crippen LogP contribution >= 0.6 is 11.6 Å². The number of nitrogens with zero attached hydrogens (tertiary/aromatic N) is 1. The number of ether oxygens (including phenoxy) is 1. The zero-order valence-electron chi connectivity index (χ0n) is 12.3. The molecule has 0 unspecified atom stereocenters. The van der Waals surface area contributed by atoms with Crippen molar-refractivity contribution in [2.24, 2.45) is 5.92 Å². The average Bonchev–Trinajstić information content (AvgIpc) is 3.15. The molecule has 0 saturated carbocycles. The maximum Gasteiger partial charge on any atom is 0.239 e. The number of nitrogens with one attached hydrogen (secondary N) is 1. The Balaban J connectivity index is 1.58. The minimum absolute atomic E-state index is 0.0906. The van der Waals surface area contributed by atoms with Crippen molar-refractivity contribution in [2.45, 2.75) is 25.4 Å². The van der Waals surface area contributed by atoms with Gasteiger partial charge in [-0.1, -0.05) is 11.6 Å². The highest BCUT2D eigenvalue weighted by atomic mass is 35.5. The number of halogens is 1. The van der Waals surface area contributed by atoms with Gasteiger partial charge >= 0.3 is 0 Å². The zero-order chi connectivity index (χ0) is 15.5. The molecule has 2 fully saturated rings. The molecule has 6 heteroatoms. The van der Waals surface area contributed by atoms with Crippen LogP contribution in [0.15, 0.2) is 24.3 Å². The van der Waals surface area contributed by atoms with E-state index in [4.69, 9.17) is 16.3 Å². The third-order valence-electron chi connectivity index (χ3n) is 4.19. The predicted octanol–water partition coefficient (Wildman–Crippen LogP) is 1.99. The average molecular weight is 323 g/mol. The van der Waals surface area contributed by atoms with Gasteiger partial charge in [0.05, 0.1) is 6.10 Å². The molecule has 2 amide bonds. The summed E-state index contributed by atoms with van der Waals surface area (Å²) in [4.78, 5) is 26.3. The van der Waals surface area contributed by atoms with Crippen molar-refractivity contribution in [3.05, 3.63) is 29.3 Å². The highest BCUT2D eigenvalue weighted by Gasteiger charge is 2.37. The van der Waals surface area contributed by atoms with E-state index in [9.17, 15) is 9.59 Å². The molecule has 3 rings (SSSR count). The first kappa shape index (κ1) is 15.3. The molecule has 22 heavy (non-hydrogen) atoms. The second-order valence-corrected chi connectivity index (χ2v) is 6.12. The number of hydrogen-bond acceptors (Lipinski definition) is 3. The quantitative estimate of drug-likeness (QED) is 0.862. The van der Waals surface area contributed by atoms with E-state index >= 15 is 0 Å². The molecular weight excluding hydrogens is 304 g/mol. The van der Waals surface area contributed by atoms with Gasteiger partial charge in [0.25, 0.3) is 0 Å². The Kier molecular flexibility index (Phi) is 4.64. The van der Waals surface area contributed by atoms with Gasteiger partial charge in [-0.15, -0.1) is 0 Å². The standard InChI is InChI=1S/C16H19ClN2O3/c17-11-3-5-12(6-4-11)19-8-7-14(16(19)21)15(20)18-10-13-2-1-9-22-13/h3-6,13-14H,1-2,7-10H2,(H,18,20)/t13-,14+/m0/s1. The van der Waals surface area contributed by atoms with Gasteiger partial charge in [-0.3, -0.25) is 9.59 Å². The summed E-state index contributed by atoms with van der Waals surface area (Å²) in [6.45, 7) is 1.80. The fraction of sp³-hybridized carbons (Fsp3) is 0.500. The summed E-state index contributed by atoms with van der Waals surface area (Å²) in [6, 6.07) is 7.09. The first-order chi connectivity index (χ1) is 10.6. The van der Waals surface area contributed by atoms with Crippen molar-refractivity contribution in [3.63, 3.8) is 0 Å². The lowest BCUT2D eigenvalue weighted by Crippen LogP contribution is -2.39. The van der Waals surface area contributed by atoms with Crippen LogP contribution in [0.1, 0.15) is 19.3 Å². The molecule has 2 heterocycles. The van der Waals surface area contributed by atoms with Gasteiger partial charge in [-0.05, 0) is 43.5 Å². The van der Waals surface area contributed by atoms with Crippen LogP contribution in [0.2, 0.25) is 5.02 Å². The van der Waals surface area contributed by atoms with Crippen LogP contribution in [0, 0.1) is 5.92 Å². The molecule has 2 aliphatic rings. The summed E-state index contributed by atoms with van der Waals surface area (Å²) in [5.41, 5.74) is 0.781. The van der Waals surface area contributed by atoms with Crippen LogP contribution in [0.5, 0.6) is 0 Å². The first-order valence-corrected chi connectivity index (χ1v) is 7.99. The largest absolute Gasteiger partial charge is 0.376 e. The zero-order valence-corrected chi connectivity index (χ0v) is 13.0. The van der Waals surface area contributed by atoms with Gasteiger partial charge in [-0.25, -0.2) is 0 Å². The second-order valence-electron chi connectivity index (χ2n) is 5.69. The number of hydrogen-bond donors (Lipinski definition) is 1. The Bertz CT molecular complexity index is 555. The Morgan fingerprint density at radius 3 is 2.77 bits per heavy atom. The highest BCUT2D eigenvalue weighted by Crippen LogP contribution is 2.26. The number of anilines is 1. The van der Waals surface area contributed by atoms with E-state index in [2.05, 4.69) is 5.32 Å². The number of amides is 2. The molecule has 0 spiro atoms. The predicted molar refractivity (Wildman–Crippen MR) is 83.9 cm³/mol. The van der Waals surface area contributed by atoms with E-state index in [1.54, 1.807) is 29.2 Å². The smallest absolute Gasteiger partial charge is 0.239 e. The molecule has 1 aromatic carbocycles. The molecule has 2 aliphatic heterocycles. The minimum atomic E-state index is -0.600. The first-order valence-electron chi connectivity index (χ1n) is 7.61. The molecule has 0 bridgehead atoms. The SMILES string of the molecule is O=C(NC[C@@H]1CCCO1)[C@H]1CCN(c2ccc(Cl)cc2)C1=O. The van der Waals surface area contributed by atoms with Crippen molar-refractivity contribution >= 4 is 29.1 Å². The second kappa shape index (κ2) is 6.67. The maximum atomic E-state index is 12.4. The van der Waals surface area contributed by atoms with Crippen molar-refractivity contribution < 1.29 is 14.3 Å². The number of carbonyl (C=O) groups is 2. The fourth-order valence-corrected chi connectivity index (χ4v) is 3.07. The van der Waals surface area contributed by atoms with E-state index in [0.29, 0.717) is 24.5 Å². The van der Waals surface area contributed by atoms with Crippen LogP contribution in [-0.2, 0) is 14.3 Å². The van der Waals surface area contributed by atoms with E-state index < -0.39 is 5.92 Å². The number of rotatable bonds is 4. The van der Waals surface area contributed by atoms with Gasteiger partial charge in [0.1, 0.15) is 5.92 Å².